The second kappa shape index (κ2) is 6.30. The largest absolute Gasteiger partial charge is 0.573 e. The van der Waals surface area contributed by atoms with Gasteiger partial charge in [0.05, 0.1) is 11.6 Å². The average Bonchev–Trinajstić information content (AvgIpc) is 3.12. The van der Waals surface area contributed by atoms with Crippen molar-refractivity contribution in [3.63, 3.8) is 0 Å². The summed E-state index contributed by atoms with van der Waals surface area (Å²) >= 11 is 0. The highest BCUT2D eigenvalue weighted by atomic mass is 19.4. The van der Waals surface area contributed by atoms with Gasteiger partial charge in [0.1, 0.15) is 11.6 Å². The molecule has 3 nitrogen and oxygen atoms in total. The molecule has 1 aliphatic rings. The van der Waals surface area contributed by atoms with Crippen LogP contribution in [-0.2, 0) is 4.79 Å². The van der Waals surface area contributed by atoms with Gasteiger partial charge in [-0.2, -0.15) is 0 Å². The van der Waals surface area contributed by atoms with E-state index in [-0.39, 0.29) is 17.0 Å². The van der Waals surface area contributed by atoms with Gasteiger partial charge < -0.3 is 10.1 Å². The molecule has 2 aromatic rings. The number of halogens is 4. The van der Waals surface area contributed by atoms with Crippen LogP contribution in [0.1, 0.15) is 25.3 Å². The molecule has 138 valence electrons. The molecule has 2 aromatic carbocycles. The van der Waals surface area contributed by atoms with Gasteiger partial charge in [0.25, 0.3) is 0 Å². The van der Waals surface area contributed by atoms with Crippen LogP contribution in [0.2, 0.25) is 0 Å². The van der Waals surface area contributed by atoms with Crippen molar-refractivity contribution < 1.29 is 27.1 Å². The summed E-state index contributed by atoms with van der Waals surface area (Å²) < 4.78 is 54.6. The van der Waals surface area contributed by atoms with Crippen molar-refractivity contribution >= 4 is 11.6 Å². The lowest BCUT2D eigenvalue weighted by atomic mass is 10.0. The van der Waals surface area contributed by atoms with E-state index >= 15 is 0 Å². The Morgan fingerprint density at radius 1 is 1.12 bits per heavy atom. The summed E-state index contributed by atoms with van der Waals surface area (Å²) in [6.07, 6.45) is -4.89. The first kappa shape index (κ1) is 18.2. The molecule has 0 heterocycles. The SMILES string of the molecule is CC1(C)[C@@H](C(=O)Nc2cc(OC(F)(F)F)ccc2F)[C@@H]1c1ccccc1. The second-order valence-electron chi connectivity index (χ2n) is 6.87. The summed E-state index contributed by atoms with van der Waals surface area (Å²) in [5.41, 5.74) is 0.320. The van der Waals surface area contributed by atoms with Gasteiger partial charge in [0, 0.05) is 12.0 Å². The van der Waals surface area contributed by atoms with Gasteiger partial charge in [-0.05, 0) is 23.1 Å². The fraction of sp³-hybridized carbons (Fsp3) is 0.316. The fourth-order valence-corrected chi connectivity index (χ4v) is 3.42. The molecule has 0 aliphatic heterocycles. The van der Waals surface area contributed by atoms with Crippen molar-refractivity contribution in [2.45, 2.75) is 26.1 Å². The van der Waals surface area contributed by atoms with Gasteiger partial charge in [-0.1, -0.05) is 44.2 Å². The minimum Gasteiger partial charge on any atom is -0.406 e. The summed E-state index contributed by atoms with van der Waals surface area (Å²) in [5.74, 6) is -2.31. The Bertz CT molecular complexity index is 818. The Morgan fingerprint density at radius 3 is 2.38 bits per heavy atom. The zero-order chi connectivity index (χ0) is 19.1. The van der Waals surface area contributed by atoms with E-state index < -0.39 is 29.8 Å². The fourth-order valence-electron chi connectivity index (χ4n) is 3.42. The lowest BCUT2D eigenvalue weighted by Gasteiger charge is -2.12. The third kappa shape index (κ3) is 3.66. The van der Waals surface area contributed by atoms with Crippen LogP contribution >= 0.6 is 0 Å². The first-order chi connectivity index (χ1) is 12.1. The molecule has 0 bridgehead atoms. The van der Waals surface area contributed by atoms with Crippen molar-refractivity contribution in [1.82, 2.24) is 0 Å². The summed E-state index contributed by atoms with van der Waals surface area (Å²) in [6, 6.07) is 11.9. The van der Waals surface area contributed by atoms with Crippen molar-refractivity contribution in [3.05, 3.63) is 59.9 Å². The van der Waals surface area contributed by atoms with Gasteiger partial charge in [0.2, 0.25) is 5.91 Å². The maximum Gasteiger partial charge on any atom is 0.573 e. The monoisotopic (exact) mass is 367 g/mol. The zero-order valence-electron chi connectivity index (χ0n) is 14.1. The zero-order valence-corrected chi connectivity index (χ0v) is 14.1. The average molecular weight is 367 g/mol. The van der Waals surface area contributed by atoms with Crippen LogP contribution in [0.15, 0.2) is 48.5 Å². The van der Waals surface area contributed by atoms with Crippen molar-refractivity contribution in [1.29, 1.82) is 0 Å². The maximum absolute atomic E-state index is 13.9. The third-order valence-electron chi connectivity index (χ3n) is 4.70. The number of rotatable bonds is 4. The van der Waals surface area contributed by atoms with E-state index in [1.807, 2.05) is 44.2 Å². The number of hydrogen-bond donors (Lipinski definition) is 1. The van der Waals surface area contributed by atoms with Crippen LogP contribution in [-0.4, -0.2) is 12.3 Å². The standard InChI is InChI=1S/C19H17F4NO2/c1-18(2)15(11-6-4-3-5-7-11)16(18)17(25)24-14-10-12(8-9-13(14)20)26-19(21,22)23/h3-10,15-16H,1-2H3,(H,24,25)/t15-,16+/m0/s1. The van der Waals surface area contributed by atoms with E-state index in [9.17, 15) is 22.4 Å². The van der Waals surface area contributed by atoms with E-state index in [1.165, 1.54) is 0 Å². The number of ether oxygens (including phenoxy) is 1. The predicted octanol–water partition coefficient (Wildman–Crippen LogP) is 5.10. The molecular formula is C19H17F4NO2. The number of hydrogen-bond acceptors (Lipinski definition) is 2. The number of benzene rings is 2. The van der Waals surface area contributed by atoms with Crippen LogP contribution in [0.3, 0.4) is 0 Å². The predicted molar refractivity (Wildman–Crippen MR) is 88.2 cm³/mol. The molecule has 0 saturated heterocycles. The smallest absolute Gasteiger partial charge is 0.406 e. The molecule has 2 atom stereocenters. The molecule has 0 aromatic heterocycles. The number of anilines is 1. The summed E-state index contributed by atoms with van der Waals surface area (Å²) in [7, 11) is 0. The summed E-state index contributed by atoms with van der Waals surface area (Å²) in [5, 5.41) is 2.39. The van der Waals surface area contributed by atoms with Crippen LogP contribution < -0.4 is 10.1 Å². The van der Waals surface area contributed by atoms with Crippen LogP contribution in [0.5, 0.6) is 5.75 Å². The molecule has 1 fully saturated rings. The molecule has 1 N–H and O–H groups in total. The molecule has 1 saturated carbocycles. The number of carbonyl (C=O) groups is 1. The Morgan fingerprint density at radius 2 is 1.77 bits per heavy atom. The third-order valence-corrected chi connectivity index (χ3v) is 4.70. The van der Waals surface area contributed by atoms with E-state index in [0.717, 1.165) is 23.8 Å². The van der Waals surface area contributed by atoms with Gasteiger partial charge in [0.15, 0.2) is 0 Å². The quantitative estimate of drug-likeness (QED) is 0.764. The van der Waals surface area contributed by atoms with Crippen LogP contribution in [0.25, 0.3) is 0 Å². The molecule has 0 unspecified atom stereocenters. The van der Waals surface area contributed by atoms with Gasteiger partial charge in [-0.15, -0.1) is 13.2 Å². The Kier molecular flexibility index (Phi) is 4.42. The van der Waals surface area contributed by atoms with Gasteiger partial charge in [-0.25, -0.2) is 4.39 Å². The molecule has 1 amide bonds. The van der Waals surface area contributed by atoms with E-state index in [4.69, 9.17) is 0 Å². The van der Waals surface area contributed by atoms with E-state index in [1.54, 1.807) is 0 Å². The van der Waals surface area contributed by atoms with E-state index in [0.29, 0.717) is 0 Å². The highest BCUT2D eigenvalue weighted by Gasteiger charge is 2.62. The topological polar surface area (TPSA) is 38.3 Å². The first-order valence-electron chi connectivity index (χ1n) is 8.01. The molecular weight excluding hydrogens is 350 g/mol. The van der Waals surface area contributed by atoms with Gasteiger partial charge in [-0.3, -0.25) is 4.79 Å². The number of nitrogens with one attached hydrogen (secondary N) is 1. The highest BCUT2D eigenvalue weighted by Crippen LogP contribution is 2.64. The number of alkyl halides is 3. The number of carbonyl (C=O) groups excluding carboxylic acids is 1. The molecule has 26 heavy (non-hydrogen) atoms. The normalized spacial score (nSPS) is 21.2. The van der Waals surface area contributed by atoms with Crippen molar-refractivity contribution in [2.24, 2.45) is 11.3 Å². The first-order valence-corrected chi connectivity index (χ1v) is 8.01. The van der Waals surface area contributed by atoms with Crippen LogP contribution in [0, 0.1) is 17.2 Å². The summed E-state index contributed by atoms with van der Waals surface area (Å²) in [4.78, 5) is 12.6. The Balaban J connectivity index is 1.77. The minimum atomic E-state index is -4.89. The molecule has 3 rings (SSSR count). The molecule has 0 radical (unpaired) electrons. The maximum atomic E-state index is 13.9. The molecule has 7 heteroatoms. The van der Waals surface area contributed by atoms with Crippen molar-refractivity contribution in [3.8, 4) is 5.75 Å². The Labute approximate surface area is 148 Å². The molecule has 1 aliphatic carbocycles. The lowest BCUT2D eigenvalue weighted by Crippen LogP contribution is -2.19. The van der Waals surface area contributed by atoms with Crippen LogP contribution in [0.4, 0.5) is 23.2 Å². The molecule has 0 spiro atoms. The van der Waals surface area contributed by atoms with Gasteiger partial charge >= 0.3 is 6.36 Å². The minimum absolute atomic E-state index is 0.0404. The highest BCUT2D eigenvalue weighted by molar-refractivity contribution is 5.96. The number of amides is 1. The second-order valence-corrected chi connectivity index (χ2v) is 6.87. The Hall–Kier alpha value is -2.57. The van der Waals surface area contributed by atoms with Crippen molar-refractivity contribution in [2.75, 3.05) is 5.32 Å². The summed E-state index contributed by atoms with van der Waals surface area (Å²) in [6.45, 7) is 3.85. The lowest BCUT2D eigenvalue weighted by molar-refractivity contribution is -0.274. The van der Waals surface area contributed by atoms with E-state index in [2.05, 4.69) is 10.1 Å².